The molecule has 0 bridgehead atoms. The molecule has 0 atom stereocenters. The number of carbonyl (C=O) groups is 1. The lowest BCUT2D eigenvalue weighted by Gasteiger charge is -2.16. The van der Waals surface area contributed by atoms with Crippen LogP contribution in [0.3, 0.4) is 0 Å². The minimum atomic E-state index is -0.867. The molecule has 4 heteroatoms. The van der Waals surface area contributed by atoms with Gasteiger partial charge in [0.05, 0.1) is 6.42 Å². The van der Waals surface area contributed by atoms with Crippen molar-refractivity contribution in [1.29, 1.82) is 0 Å². The molecule has 1 N–H and O–H groups in total. The van der Waals surface area contributed by atoms with Gasteiger partial charge in [0.1, 0.15) is 0 Å². The summed E-state index contributed by atoms with van der Waals surface area (Å²) >= 11 is 0. The van der Waals surface area contributed by atoms with E-state index in [9.17, 15) is 4.79 Å². The largest absolute Gasteiger partial charge is 0.481 e. The van der Waals surface area contributed by atoms with Gasteiger partial charge in [0.25, 0.3) is 0 Å². The lowest BCUT2D eigenvalue weighted by atomic mass is 10.0. The molecule has 0 aromatic heterocycles. The van der Waals surface area contributed by atoms with Crippen LogP contribution in [0.15, 0.2) is 24.3 Å². The van der Waals surface area contributed by atoms with E-state index in [0.29, 0.717) is 5.56 Å². The highest BCUT2D eigenvalue weighted by Crippen LogP contribution is 2.21. The van der Waals surface area contributed by atoms with Crippen LogP contribution in [0.1, 0.15) is 17.4 Å². The van der Waals surface area contributed by atoms with Gasteiger partial charge in [0.15, 0.2) is 6.29 Å². The molecule has 0 amide bonds. The van der Waals surface area contributed by atoms with E-state index < -0.39 is 12.3 Å². The Balaban J connectivity index is 2.99. The van der Waals surface area contributed by atoms with Crippen LogP contribution in [0.25, 0.3) is 0 Å². The van der Waals surface area contributed by atoms with E-state index in [1.165, 1.54) is 14.2 Å². The molecule has 0 aliphatic rings. The molecule has 0 fully saturated rings. The van der Waals surface area contributed by atoms with E-state index in [2.05, 4.69) is 0 Å². The summed E-state index contributed by atoms with van der Waals surface area (Å²) in [5.74, 6) is -0.867. The molecule has 15 heavy (non-hydrogen) atoms. The third-order valence-electron chi connectivity index (χ3n) is 2.08. The maximum Gasteiger partial charge on any atom is 0.307 e. The monoisotopic (exact) mass is 210 g/mol. The predicted octanol–water partition coefficient (Wildman–Crippen LogP) is 1.61. The maximum atomic E-state index is 10.6. The summed E-state index contributed by atoms with van der Waals surface area (Å²) in [6.45, 7) is 0. The Morgan fingerprint density at radius 3 is 2.47 bits per heavy atom. The normalized spacial score (nSPS) is 10.6. The first-order valence-electron chi connectivity index (χ1n) is 4.54. The van der Waals surface area contributed by atoms with Crippen LogP contribution in [0.2, 0.25) is 0 Å². The number of methoxy groups -OCH3 is 2. The van der Waals surface area contributed by atoms with Crippen molar-refractivity contribution in [2.75, 3.05) is 14.2 Å². The molecule has 1 aromatic rings. The second kappa shape index (κ2) is 5.48. The molecule has 0 spiro atoms. The number of aliphatic carboxylic acids is 1. The zero-order valence-corrected chi connectivity index (χ0v) is 8.77. The molecule has 0 aliphatic carbocycles. The molecule has 0 saturated heterocycles. The van der Waals surface area contributed by atoms with Gasteiger partial charge in [-0.1, -0.05) is 24.3 Å². The second-order valence-electron chi connectivity index (χ2n) is 3.07. The molecule has 82 valence electrons. The molecular weight excluding hydrogens is 196 g/mol. The van der Waals surface area contributed by atoms with Crippen LogP contribution in [0.5, 0.6) is 0 Å². The molecule has 4 nitrogen and oxygen atoms in total. The summed E-state index contributed by atoms with van der Waals surface area (Å²) in [5.41, 5.74) is 1.46. The fourth-order valence-corrected chi connectivity index (χ4v) is 1.44. The minimum absolute atomic E-state index is 0.0284. The van der Waals surface area contributed by atoms with Gasteiger partial charge in [-0.25, -0.2) is 0 Å². The number of rotatable bonds is 5. The average molecular weight is 210 g/mol. The number of benzene rings is 1. The van der Waals surface area contributed by atoms with Crippen LogP contribution in [0, 0.1) is 0 Å². The van der Waals surface area contributed by atoms with Crippen molar-refractivity contribution in [1.82, 2.24) is 0 Å². The quantitative estimate of drug-likeness (QED) is 0.750. The van der Waals surface area contributed by atoms with Crippen molar-refractivity contribution < 1.29 is 19.4 Å². The smallest absolute Gasteiger partial charge is 0.307 e. The molecule has 0 saturated carbocycles. The van der Waals surface area contributed by atoms with Crippen molar-refractivity contribution in [3.05, 3.63) is 35.4 Å². The standard InChI is InChI=1S/C11H14O4/c1-14-11(15-2)9-6-4-3-5-8(9)7-10(12)13/h3-6,11H,7H2,1-2H3,(H,12,13). The average Bonchev–Trinajstić information content (AvgIpc) is 2.21. The molecule has 1 rings (SSSR count). The van der Waals surface area contributed by atoms with E-state index in [0.717, 1.165) is 5.56 Å². The Kier molecular flexibility index (Phi) is 4.27. The highest BCUT2D eigenvalue weighted by atomic mass is 16.7. The van der Waals surface area contributed by atoms with Crippen molar-refractivity contribution in [3.8, 4) is 0 Å². The van der Waals surface area contributed by atoms with Crippen LogP contribution in [0.4, 0.5) is 0 Å². The Morgan fingerprint density at radius 1 is 1.33 bits per heavy atom. The van der Waals surface area contributed by atoms with Crippen LogP contribution in [-0.2, 0) is 20.7 Å². The summed E-state index contributed by atoms with van der Waals surface area (Å²) in [6, 6.07) is 7.18. The summed E-state index contributed by atoms with van der Waals surface area (Å²) in [7, 11) is 3.04. The molecule has 0 unspecified atom stereocenters. The number of carboxylic acid groups (broad SMARTS) is 1. The van der Waals surface area contributed by atoms with Crippen molar-refractivity contribution in [3.63, 3.8) is 0 Å². The highest BCUT2D eigenvalue weighted by Gasteiger charge is 2.14. The third kappa shape index (κ3) is 3.04. The zero-order valence-electron chi connectivity index (χ0n) is 8.77. The van der Waals surface area contributed by atoms with E-state index in [4.69, 9.17) is 14.6 Å². The van der Waals surface area contributed by atoms with E-state index in [-0.39, 0.29) is 6.42 Å². The lowest BCUT2D eigenvalue weighted by Crippen LogP contribution is -2.10. The SMILES string of the molecule is COC(OC)c1ccccc1CC(=O)O. The van der Waals surface area contributed by atoms with E-state index >= 15 is 0 Å². The fraction of sp³-hybridized carbons (Fsp3) is 0.364. The van der Waals surface area contributed by atoms with Crippen molar-refractivity contribution in [2.45, 2.75) is 12.7 Å². The topological polar surface area (TPSA) is 55.8 Å². The first-order chi connectivity index (χ1) is 7.19. The Hall–Kier alpha value is -1.39. The maximum absolute atomic E-state index is 10.6. The fourth-order valence-electron chi connectivity index (χ4n) is 1.44. The van der Waals surface area contributed by atoms with E-state index in [1.807, 2.05) is 6.07 Å². The zero-order chi connectivity index (χ0) is 11.3. The Morgan fingerprint density at radius 2 is 1.93 bits per heavy atom. The Bertz CT molecular complexity index is 331. The van der Waals surface area contributed by atoms with Gasteiger partial charge in [-0.3, -0.25) is 4.79 Å². The van der Waals surface area contributed by atoms with Crippen molar-refractivity contribution >= 4 is 5.97 Å². The lowest BCUT2D eigenvalue weighted by molar-refractivity contribution is -0.136. The van der Waals surface area contributed by atoms with E-state index in [1.54, 1.807) is 18.2 Å². The van der Waals surface area contributed by atoms with Gasteiger partial charge in [0, 0.05) is 19.8 Å². The van der Waals surface area contributed by atoms with Crippen LogP contribution >= 0.6 is 0 Å². The molecular formula is C11H14O4. The van der Waals surface area contributed by atoms with Crippen LogP contribution < -0.4 is 0 Å². The minimum Gasteiger partial charge on any atom is -0.481 e. The summed E-state index contributed by atoms with van der Waals surface area (Å²) in [5, 5.41) is 8.74. The molecule has 0 aliphatic heterocycles. The van der Waals surface area contributed by atoms with Crippen molar-refractivity contribution in [2.24, 2.45) is 0 Å². The number of hydrogen-bond acceptors (Lipinski definition) is 3. The third-order valence-corrected chi connectivity index (χ3v) is 2.08. The van der Waals surface area contributed by atoms with Gasteiger partial charge in [-0.05, 0) is 5.56 Å². The first kappa shape index (κ1) is 11.7. The van der Waals surface area contributed by atoms with Crippen LogP contribution in [-0.4, -0.2) is 25.3 Å². The highest BCUT2D eigenvalue weighted by molar-refractivity contribution is 5.70. The van der Waals surface area contributed by atoms with Gasteiger partial charge in [0.2, 0.25) is 0 Å². The predicted molar refractivity (Wildman–Crippen MR) is 54.5 cm³/mol. The number of hydrogen-bond donors (Lipinski definition) is 1. The second-order valence-corrected chi connectivity index (χ2v) is 3.07. The molecule has 1 aromatic carbocycles. The summed E-state index contributed by atoms with van der Waals surface area (Å²) in [6.07, 6.45) is -0.542. The first-order valence-corrected chi connectivity index (χ1v) is 4.54. The number of ether oxygens (including phenoxy) is 2. The van der Waals surface area contributed by atoms with Gasteiger partial charge in [-0.15, -0.1) is 0 Å². The summed E-state index contributed by atoms with van der Waals surface area (Å²) < 4.78 is 10.2. The number of carboxylic acids is 1. The Labute approximate surface area is 88.4 Å². The van der Waals surface area contributed by atoms with Gasteiger partial charge >= 0.3 is 5.97 Å². The van der Waals surface area contributed by atoms with Gasteiger partial charge < -0.3 is 14.6 Å². The van der Waals surface area contributed by atoms with Gasteiger partial charge in [-0.2, -0.15) is 0 Å². The molecule has 0 radical (unpaired) electrons. The summed E-state index contributed by atoms with van der Waals surface area (Å²) in [4.78, 5) is 10.6. The molecule has 0 heterocycles.